The predicted molar refractivity (Wildman–Crippen MR) is 118 cm³/mol. The van der Waals surface area contributed by atoms with Crippen LogP contribution in [0.4, 0.5) is 11.5 Å². The maximum absolute atomic E-state index is 12.4. The molecular formula is C22H23N5O5. The van der Waals surface area contributed by atoms with Gasteiger partial charge in [-0.1, -0.05) is 0 Å². The highest BCUT2D eigenvalue weighted by Gasteiger charge is 2.13. The molecule has 0 saturated carbocycles. The molecule has 3 rings (SSSR count). The number of nitrogens with zero attached hydrogens (tertiary/aromatic N) is 3. The molecule has 0 aliphatic heterocycles. The number of nitro groups is 1. The first-order valence-electron chi connectivity index (χ1n) is 9.91. The predicted octanol–water partition coefficient (Wildman–Crippen LogP) is 3.25. The van der Waals surface area contributed by atoms with Gasteiger partial charge >= 0.3 is 0 Å². The summed E-state index contributed by atoms with van der Waals surface area (Å²) in [7, 11) is 1.56. The van der Waals surface area contributed by atoms with E-state index in [0.717, 1.165) is 0 Å². The number of hydrogen-bond donors (Lipinski definition) is 2. The Kier molecular flexibility index (Phi) is 7.17. The van der Waals surface area contributed by atoms with E-state index in [4.69, 9.17) is 4.74 Å². The monoisotopic (exact) mass is 437 g/mol. The first-order chi connectivity index (χ1) is 15.4. The molecule has 10 heteroatoms. The summed E-state index contributed by atoms with van der Waals surface area (Å²) in [5.41, 5.74) is 1.76. The molecule has 0 unspecified atom stereocenters. The zero-order valence-electron chi connectivity index (χ0n) is 17.7. The number of benzene rings is 2. The standard InChI is InChI=1S/C22H23N5O5/c1-15-14-20(26(25-15)17-7-9-18(10-8-17)27(30)31)24-21(28)4-3-13-23-22(29)16-5-11-19(32-2)12-6-16/h5-12,14H,3-4,13H2,1-2H3,(H,23,29)(H,24,28). The third kappa shape index (κ3) is 5.69. The molecule has 2 aromatic carbocycles. The molecule has 32 heavy (non-hydrogen) atoms. The lowest BCUT2D eigenvalue weighted by Crippen LogP contribution is -2.25. The molecule has 0 bridgehead atoms. The van der Waals surface area contributed by atoms with E-state index in [1.807, 2.05) is 0 Å². The van der Waals surface area contributed by atoms with Gasteiger partial charge in [0.1, 0.15) is 11.6 Å². The Hall–Kier alpha value is -4.21. The van der Waals surface area contributed by atoms with Crippen molar-refractivity contribution in [2.24, 2.45) is 0 Å². The summed E-state index contributed by atoms with van der Waals surface area (Å²) in [6.45, 7) is 2.13. The Bertz CT molecular complexity index is 1110. The van der Waals surface area contributed by atoms with E-state index in [-0.39, 0.29) is 23.9 Å². The Morgan fingerprint density at radius 1 is 1.12 bits per heavy atom. The molecule has 3 aromatic rings. The minimum Gasteiger partial charge on any atom is -0.497 e. The summed E-state index contributed by atoms with van der Waals surface area (Å²) in [6.07, 6.45) is 0.658. The highest BCUT2D eigenvalue weighted by Crippen LogP contribution is 2.20. The first kappa shape index (κ1) is 22.5. The van der Waals surface area contributed by atoms with Crippen LogP contribution in [-0.2, 0) is 4.79 Å². The topological polar surface area (TPSA) is 128 Å². The number of aryl methyl sites for hydroxylation is 1. The molecule has 1 aromatic heterocycles. The summed E-state index contributed by atoms with van der Waals surface area (Å²) in [5.74, 6) is 0.678. The van der Waals surface area contributed by atoms with Crippen molar-refractivity contribution in [3.63, 3.8) is 0 Å². The van der Waals surface area contributed by atoms with Crippen LogP contribution in [0, 0.1) is 17.0 Å². The summed E-state index contributed by atoms with van der Waals surface area (Å²) in [4.78, 5) is 34.9. The Morgan fingerprint density at radius 3 is 2.44 bits per heavy atom. The largest absolute Gasteiger partial charge is 0.497 e. The minimum absolute atomic E-state index is 0.0279. The summed E-state index contributed by atoms with van der Waals surface area (Å²) in [5, 5.41) is 20.8. The van der Waals surface area contributed by atoms with Gasteiger partial charge in [0.05, 0.1) is 23.4 Å². The van der Waals surface area contributed by atoms with Crippen LogP contribution in [0.15, 0.2) is 54.6 Å². The number of carbonyl (C=O) groups excluding carboxylic acids is 2. The molecule has 0 spiro atoms. The van der Waals surface area contributed by atoms with Crippen LogP contribution in [-0.4, -0.2) is 40.2 Å². The van der Waals surface area contributed by atoms with Gasteiger partial charge in [-0.2, -0.15) is 5.10 Å². The van der Waals surface area contributed by atoms with Crippen LogP contribution in [0.3, 0.4) is 0 Å². The van der Waals surface area contributed by atoms with Crippen molar-refractivity contribution >= 4 is 23.3 Å². The number of ether oxygens (including phenoxy) is 1. The second-order valence-electron chi connectivity index (χ2n) is 6.99. The van der Waals surface area contributed by atoms with Crippen LogP contribution in [0.5, 0.6) is 5.75 Å². The molecule has 0 radical (unpaired) electrons. The third-order valence-electron chi connectivity index (χ3n) is 4.62. The van der Waals surface area contributed by atoms with Gasteiger partial charge in [-0.15, -0.1) is 0 Å². The van der Waals surface area contributed by atoms with Crippen molar-refractivity contribution in [1.29, 1.82) is 0 Å². The van der Waals surface area contributed by atoms with Gasteiger partial charge in [0.2, 0.25) is 5.91 Å². The maximum atomic E-state index is 12.4. The lowest BCUT2D eigenvalue weighted by atomic mass is 10.2. The van der Waals surface area contributed by atoms with Gasteiger partial charge < -0.3 is 15.4 Å². The van der Waals surface area contributed by atoms with Crippen molar-refractivity contribution in [2.45, 2.75) is 19.8 Å². The number of aromatic nitrogens is 2. The molecule has 0 aliphatic rings. The van der Waals surface area contributed by atoms with Crippen LogP contribution >= 0.6 is 0 Å². The molecular weight excluding hydrogens is 414 g/mol. The molecule has 0 saturated heterocycles. The van der Waals surface area contributed by atoms with Gasteiger partial charge in [-0.25, -0.2) is 4.68 Å². The molecule has 10 nitrogen and oxygen atoms in total. The van der Waals surface area contributed by atoms with Crippen molar-refractivity contribution in [3.05, 3.63) is 76.0 Å². The lowest BCUT2D eigenvalue weighted by molar-refractivity contribution is -0.384. The quantitative estimate of drug-likeness (QED) is 0.300. The highest BCUT2D eigenvalue weighted by atomic mass is 16.6. The fourth-order valence-electron chi connectivity index (χ4n) is 3.00. The Labute approximate surface area is 184 Å². The van der Waals surface area contributed by atoms with E-state index in [9.17, 15) is 19.7 Å². The van der Waals surface area contributed by atoms with Gasteiger partial charge in [-0.3, -0.25) is 19.7 Å². The van der Waals surface area contributed by atoms with Crippen LogP contribution in [0.25, 0.3) is 5.69 Å². The SMILES string of the molecule is COc1ccc(C(=O)NCCCC(=O)Nc2cc(C)nn2-c2ccc([N+](=O)[O-])cc2)cc1. The van der Waals surface area contributed by atoms with Gasteiger partial charge in [-0.05, 0) is 49.7 Å². The van der Waals surface area contributed by atoms with Crippen molar-refractivity contribution in [1.82, 2.24) is 15.1 Å². The summed E-state index contributed by atoms with van der Waals surface area (Å²) < 4.78 is 6.58. The smallest absolute Gasteiger partial charge is 0.269 e. The van der Waals surface area contributed by atoms with E-state index in [2.05, 4.69) is 15.7 Å². The number of nitro benzene ring substituents is 1. The number of carbonyl (C=O) groups is 2. The number of anilines is 1. The molecule has 1 heterocycles. The molecule has 0 atom stereocenters. The van der Waals surface area contributed by atoms with Gasteiger partial charge in [0.25, 0.3) is 11.6 Å². The van der Waals surface area contributed by atoms with Crippen molar-refractivity contribution < 1.29 is 19.2 Å². The Morgan fingerprint density at radius 2 is 1.81 bits per heavy atom. The molecule has 2 N–H and O–H groups in total. The number of hydrogen-bond acceptors (Lipinski definition) is 6. The van der Waals surface area contributed by atoms with Crippen LogP contribution < -0.4 is 15.4 Å². The van der Waals surface area contributed by atoms with E-state index in [0.29, 0.717) is 41.5 Å². The number of nitrogens with one attached hydrogen (secondary N) is 2. The molecule has 0 aliphatic carbocycles. The molecule has 2 amide bonds. The number of rotatable bonds is 9. The highest BCUT2D eigenvalue weighted by molar-refractivity contribution is 5.94. The van der Waals surface area contributed by atoms with Crippen molar-refractivity contribution in [3.8, 4) is 11.4 Å². The van der Waals surface area contributed by atoms with Gasteiger partial charge in [0, 0.05) is 36.7 Å². The van der Waals surface area contributed by atoms with Crippen LogP contribution in [0.2, 0.25) is 0 Å². The van der Waals surface area contributed by atoms with E-state index in [1.54, 1.807) is 56.5 Å². The van der Waals surface area contributed by atoms with E-state index in [1.165, 1.54) is 16.8 Å². The fourth-order valence-corrected chi connectivity index (χ4v) is 3.00. The van der Waals surface area contributed by atoms with E-state index < -0.39 is 4.92 Å². The van der Waals surface area contributed by atoms with E-state index >= 15 is 0 Å². The minimum atomic E-state index is -0.478. The molecule has 166 valence electrons. The average molecular weight is 437 g/mol. The normalized spacial score (nSPS) is 10.4. The third-order valence-corrected chi connectivity index (χ3v) is 4.62. The second-order valence-corrected chi connectivity index (χ2v) is 6.99. The average Bonchev–Trinajstić information content (AvgIpc) is 3.16. The molecule has 0 fully saturated rings. The maximum Gasteiger partial charge on any atom is 0.269 e. The van der Waals surface area contributed by atoms with Gasteiger partial charge in [0.15, 0.2) is 0 Å². The number of amides is 2. The lowest BCUT2D eigenvalue weighted by Gasteiger charge is -2.09. The zero-order chi connectivity index (χ0) is 23.1. The second kappa shape index (κ2) is 10.2. The Balaban J connectivity index is 1.52. The zero-order valence-corrected chi connectivity index (χ0v) is 17.7. The summed E-state index contributed by atoms with van der Waals surface area (Å²) in [6, 6.07) is 14.4. The fraction of sp³-hybridized carbons (Fsp3) is 0.227. The van der Waals surface area contributed by atoms with Crippen LogP contribution in [0.1, 0.15) is 28.9 Å². The summed E-state index contributed by atoms with van der Waals surface area (Å²) >= 11 is 0. The van der Waals surface area contributed by atoms with Crippen molar-refractivity contribution in [2.75, 3.05) is 19.0 Å². The first-order valence-corrected chi connectivity index (χ1v) is 9.91. The number of non-ortho nitro benzene ring substituents is 1. The number of methoxy groups -OCH3 is 1.